The molecule has 2 aromatic rings. The molecule has 0 aliphatic rings. The highest BCUT2D eigenvalue weighted by atomic mass is 16.4. The summed E-state index contributed by atoms with van der Waals surface area (Å²) in [5.41, 5.74) is 1.21. The molecule has 0 bridgehead atoms. The van der Waals surface area contributed by atoms with Gasteiger partial charge in [-0.25, -0.2) is 9.59 Å². The van der Waals surface area contributed by atoms with Crippen LogP contribution in [0.3, 0.4) is 0 Å². The highest BCUT2D eigenvalue weighted by Crippen LogP contribution is 2.12. The number of urea groups is 1. The third kappa shape index (κ3) is 4.31. The highest BCUT2D eigenvalue weighted by molar-refractivity contribution is 5.83. The molecular formula is C15H15N3O3. The number of aromatic nitrogens is 1. The van der Waals surface area contributed by atoms with E-state index in [1.165, 1.54) is 0 Å². The van der Waals surface area contributed by atoms with E-state index in [1.54, 1.807) is 48.7 Å². The van der Waals surface area contributed by atoms with Crippen LogP contribution in [-0.4, -0.2) is 22.1 Å². The van der Waals surface area contributed by atoms with Gasteiger partial charge in [0.2, 0.25) is 0 Å². The second-order valence-electron chi connectivity index (χ2n) is 4.33. The number of nitrogens with one attached hydrogen (secondary N) is 2. The Morgan fingerprint density at radius 3 is 2.43 bits per heavy atom. The number of amides is 2. The molecule has 0 fully saturated rings. The minimum Gasteiger partial charge on any atom is -0.479 e. The van der Waals surface area contributed by atoms with E-state index in [1.807, 2.05) is 6.07 Å². The molecule has 1 aromatic heterocycles. The summed E-state index contributed by atoms with van der Waals surface area (Å²) >= 11 is 0. The number of benzene rings is 1. The summed E-state index contributed by atoms with van der Waals surface area (Å²) in [6, 6.07) is 12.2. The molecule has 21 heavy (non-hydrogen) atoms. The average Bonchev–Trinajstić information content (AvgIpc) is 2.52. The number of hydrogen-bond donors (Lipinski definition) is 3. The average molecular weight is 285 g/mol. The van der Waals surface area contributed by atoms with Gasteiger partial charge >= 0.3 is 12.0 Å². The first kappa shape index (κ1) is 14.5. The molecule has 2 amide bonds. The monoisotopic (exact) mass is 285 g/mol. The quantitative estimate of drug-likeness (QED) is 0.780. The van der Waals surface area contributed by atoms with E-state index in [0.717, 1.165) is 0 Å². The first-order valence-electron chi connectivity index (χ1n) is 6.39. The number of hydrogen-bond acceptors (Lipinski definition) is 3. The number of nitrogens with zero attached hydrogens (tertiary/aromatic N) is 1. The fourth-order valence-corrected chi connectivity index (χ4v) is 1.79. The number of carbonyl (C=O) groups is 2. The molecule has 0 spiro atoms. The minimum absolute atomic E-state index is 0.230. The molecule has 1 aromatic carbocycles. The van der Waals surface area contributed by atoms with Crippen molar-refractivity contribution in [1.29, 1.82) is 0 Å². The first-order chi connectivity index (χ1) is 10.2. The second-order valence-corrected chi connectivity index (χ2v) is 4.33. The van der Waals surface area contributed by atoms with Gasteiger partial charge in [0.15, 0.2) is 6.04 Å². The SMILES string of the molecule is O=C(NCc1ccccn1)NC(C(=O)O)c1ccccc1. The largest absolute Gasteiger partial charge is 0.479 e. The van der Waals surface area contributed by atoms with Gasteiger partial charge in [0.1, 0.15) is 0 Å². The predicted octanol–water partition coefficient (Wildman–Crippen LogP) is 1.71. The fraction of sp³-hybridized carbons (Fsp3) is 0.133. The zero-order chi connectivity index (χ0) is 15.1. The van der Waals surface area contributed by atoms with Crippen LogP contribution in [-0.2, 0) is 11.3 Å². The molecule has 2 rings (SSSR count). The lowest BCUT2D eigenvalue weighted by atomic mass is 10.1. The van der Waals surface area contributed by atoms with Crippen LogP contribution in [0.5, 0.6) is 0 Å². The second kappa shape index (κ2) is 7.04. The van der Waals surface area contributed by atoms with E-state index >= 15 is 0 Å². The number of rotatable bonds is 5. The van der Waals surface area contributed by atoms with E-state index in [-0.39, 0.29) is 6.54 Å². The zero-order valence-corrected chi connectivity index (χ0v) is 11.2. The van der Waals surface area contributed by atoms with Crippen molar-refractivity contribution in [3.63, 3.8) is 0 Å². The van der Waals surface area contributed by atoms with Crippen LogP contribution in [0, 0.1) is 0 Å². The molecule has 3 N–H and O–H groups in total. The molecule has 1 heterocycles. The van der Waals surface area contributed by atoms with E-state index in [9.17, 15) is 14.7 Å². The predicted molar refractivity (Wildman–Crippen MR) is 76.4 cm³/mol. The Hall–Kier alpha value is -2.89. The van der Waals surface area contributed by atoms with Crippen LogP contribution in [0.15, 0.2) is 54.7 Å². The molecule has 1 unspecified atom stereocenters. The lowest BCUT2D eigenvalue weighted by Gasteiger charge is -2.15. The Morgan fingerprint density at radius 1 is 1.10 bits per heavy atom. The third-order valence-electron chi connectivity index (χ3n) is 2.81. The van der Waals surface area contributed by atoms with Gasteiger partial charge in [-0.05, 0) is 17.7 Å². The Morgan fingerprint density at radius 2 is 1.81 bits per heavy atom. The highest BCUT2D eigenvalue weighted by Gasteiger charge is 2.21. The molecular weight excluding hydrogens is 270 g/mol. The Bertz CT molecular complexity index is 602. The van der Waals surface area contributed by atoms with Crippen molar-refractivity contribution >= 4 is 12.0 Å². The number of carboxylic acids is 1. The standard InChI is InChI=1S/C15H15N3O3/c19-14(20)13(11-6-2-1-3-7-11)18-15(21)17-10-12-8-4-5-9-16-12/h1-9,13H,10H2,(H,19,20)(H2,17,18,21). The maximum absolute atomic E-state index is 11.8. The third-order valence-corrected chi connectivity index (χ3v) is 2.81. The fourth-order valence-electron chi connectivity index (χ4n) is 1.79. The van der Waals surface area contributed by atoms with E-state index in [4.69, 9.17) is 0 Å². The van der Waals surface area contributed by atoms with Gasteiger partial charge in [0, 0.05) is 6.20 Å². The van der Waals surface area contributed by atoms with Crippen molar-refractivity contribution in [2.75, 3.05) is 0 Å². The summed E-state index contributed by atoms with van der Waals surface area (Å²) in [5, 5.41) is 14.2. The lowest BCUT2D eigenvalue weighted by molar-refractivity contribution is -0.139. The smallest absolute Gasteiger partial charge is 0.330 e. The van der Waals surface area contributed by atoms with Crippen LogP contribution in [0.2, 0.25) is 0 Å². The summed E-state index contributed by atoms with van der Waals surface area (Å²) < 4.78 is 0. The summed E-state index contributed by atoms with van der Waals surface area (Å²) in [4.78, 5) is 27.1. The molecule has 6 heteroatoms. The van der Waals surface area contributed by atoms with E-state index in [2.05, 4.69) is 15.6 Å². The van der Waals surface area contributed by atoms with E-state index < -0.39 is 18.0 Å². The molecule has 0 aliphatic heterocycles. The molecule has 1 atom stereocenters. The molecule has 0 saturated carbocycles. The van der Waals surface area contributed by atoms with Crippen LogP contribution in [0.25, 0.3) is 0 Å². The number of aliphatic carboxylic acids is 1. The van der Waals surface area contributed by atoms with Gasteiger partial charge in [-0.1, -0.05) is 36.4 Å². The molecule has 108 valence electrons. The Balaban J connectivity index is 1.95. The minimum atomic E-state index is -1.12. The van der Waals surface area contributed by atoms with Crippen LogP contribution >= 0.6 is 0 Å². The maximum atomic E-state index is 11.8. The van der Waals surface area contributed by atoms with Crippen molar-refractivity contribution in [3.05, 3.63) is 66.0 Å². The zero-order valence-electron chi connectivity index (χ0n) is 11.2. The maximum Gasteiger partial charge on any atom is 0.330 e. The van der Waals surface area contributed by atoms with Gasteiger partial charge in [0.05, 0.1) is 12.2 Å². The molecule has 0 radical (unpaired) electrons. The van der Waals surface area contributed by atoms with Gasteiger partial charge in [-0.2, -0.15) is 0 Å². The molecule has 0 saturated heterocycles. The molecule has 0 aliphatic carbocycles. The van der Waals surface area contributed by atoms with Crippen molar-refractivity contribution < 1.29 is 14.7 Å². The Kier molecular flexibility index (Phi) is 4.87. The van der Waals surface area contributed by atoms with Crippen LogP contribution in [0.1, 0.15) is 17.3 Å². The van der Waals surface area contributed by atoms with Gasteiger partial charge in [-0.3, -0.25) is 4.98 Å². The van der Waals surface area contributed by atoms with E-state index in [0.29, 0.717) is 11.3 Å². The molecule has 6 nitrogen and oxygen atoms in total. The summed E-state index contributed by atoms with van der Waals surface area (Å²) in [7, 11) is 0. The summed E-state index contributed by atoms with van der Waals surface area (Å²) in [5.74, 6) is -1.12. The number of carbonyl (C=O) groups excluding carboxylic acids is 1. The van der Waals surface area contributed by atoms with Crippen molar-refractivity contribution in [1.82, 2.24) is 15.6 Å². The summed E-state index contributed by atoms with van der Waals surface area (Å²) in [6.45, 7) is 0.230. The lowest BCUT2D eigenvalue weighted by Crippen LogP contribution is -2.40. The normalized spacial score (nSPS) is 11.4. The van der Waals surface area contributed by atoms with Gasteiger partial charge in [0.25, 0.3) is 0 Å². The van der Waals surface area contributed by atoms with Crippen molar-refractivity contribution in [2.45, 2.75) is 12.6 Å². The van der Waals surface area contributed by atoms with Crippen molar-refractivity contribution in [2.24, 2.45) is 0 Å². The number of pyridine rings is 1. The van der Waals surface area contributed by atoms with Crippen LogP contribution in [0.4, 0.5) is 4.79 Å². The van der Waals surface area contributed by atoms with Gasteiger partial charge in [-0.15, -0.1) is 0 Å². The van der Waals surface area contributed by atoms with Gasteiger partial charge < -0.3 is 15.7 Å². The topological polar surface area (TPSA) is 91.3 Å². The van der Waals surface area contributed by atoms with Crippen LogP contribution < -0.4 is 10.6 Å². The number of carboxylic acid groups (broad SMARTS) is 1. The van der Waals surface area contributed by atoms with Crippen molar-refractivity contribution in [3.8, 4) is 0 Å². The summed E-state index contributed by atoms with van der Waals surface area (Å²) in [6.07, 6.45) is 1.62. The first-order valence-corrected chi connectivity index (χ1v) is 6.39. The Labute approximate surface area is 121 Å².